The summed E-state index contributed by atoms with van der Waals surface area (Å²) in [4.78, 5) is 26.4. The van der Waals surface area contributed by atoms with Crippen molar-refractivity contribution >= 4 is 23.9 Å². The van der Waals surface area contributed by atoms with E-state index >= 15 is 0 Å². The average Bonchev–Trinajstić information content (AvgIpc) is 3.34. The molecule has 8 heteroatoms. The molecule has 3 aromatic heterocycles. The molecule has 1 N–H and O–H groups in total. The molecule has 0 saturated carbocycles. The lowest BCUT2D eigenvalue weighted by molar-refractivity contribution is 0.111. The number of fused-ring (bicyclic) bond motifs is 1. The first-order valence-electron chi connectivity index (χ1n) is 7.86. The van der Waals surface area contributed by atoms with Gasteiger partial charge in [-0.25, -0.2) is 14.2 Å². The van der Waals surface area contributed by atoms with Crippen LogP contribution in [0, 0.1) is 0 Å². The second-order valence-corrected chi connectivity index (χ2v) is 5.62. The fraction of sp³-hybridized carbons (Fsp3) is 0.0556. The molecular formula is C18H14N6O2. The van der Waals surface area contributed by atoms with Crippen LogP contribution in [0.3, 0.4) is 0 Å². The minimum Gasteiger partial charge on any atom is -0.385 e. The number of hydrogen-bond acceptors (Lipinski definition) is 6. The van der Waals surface area contributed by atoms with Crippen LogP contribution in [0.25, 0.3) is 22.6 Å². The zero-order valence-electron chi connectivity index (χ0n) is 13.8. The minimum absolute atomic E-state index is 0.365. The number of nitrogens with one attached hydrogen (secondary N) is 1. The molecule has 0 fully saturated rings. The van der Waals surface area contributed by atoms with Crippen molar-refractivity contribution in [1.29, 1.82) is 0 Å². The van der Waals surface area contributed by atoms with Crippen molar-refractivity contribution < 1.29 is 9.59 Å². The molecule has 0 aliphatic rings. The quantitative estimate of drug-likeness (QED) is 0.557. The van der Waals surface area contributed by atoms with Gasteiger partial charge < -0.3 is 5.32 Å². The lowest BCUT2D eigenvalue weighted by Gasteiger charge is -2.06. The Morgan fingerprint density at radius 1 is 1.12 bits per heavy atom. The van der Waals surface area contributed by atoms with E-state index in [-0.39, 0.29) is 0 Å². The van der Waals surface area contributed by atoms with Gasteiger partial charge in [0.05, 0.1) is 29.5 Å². The standard InChI is InChI=1S/C18H14N6O2/c1-19-17-6-16(22-24-15(11-26)8-20-18(17)24)13-7-21-23(9-13)14-4-2-3-12(5-14)10-25/h2-11,19H,1H3. The van der Waals surface area contributed by atoms with Gasteiger partial charge in [-0.2, -0.15) is 10.2 Å². The third-order valence-corrected chi connectivity index (χ3v) is 4.03. The topological polar surface area (TPSA) is 94.2 Å². The van der Waals surface area contributed by atoms with E-state index in [1.54, 1.807) is 36.1 Å². The number of anilines is 1. The van der Waals surface area contributed by atoms with Crippen LogP contribution in [0.2, 0.25) is 0 Å². The summed E-state index contributed by atoms with van der Waals surface area (Å²) in [5, 5.41) is 11.9. The van der Waals surface area contributed by atoms with Gasteiger partial charge in [0.15, 0.2) is 11.9 Å². The first-order chi connectivity index (χ1) is 12.7. The summed E-state index contributed by atoms with van der Waals surface area (Å²) in [7, 11) is 1.78. The van der Waals surface area contributed by atoms with Crippen LogP contribution in [0.15, 0.2) is 48.9 Å². The number of aromatic nitrogens is 5. The van der Waals surface area contributed by atoms with E-state index < -0.39 is 0 Å². The van der Waals surface area contributed by atoms with Crippen LogP contribution in [0.1, 0.15) is 20.8 Å². The molecule has 26 heavy (non-hydrogen) atoms. The van der Waals surface area contributed by atoms with Gasteiger partial charge in [0.2, 0.25) is 0 Å². The molecule has 0 saturated heterocycles. The Morgan fingerprint density at radius 2 is 2.00 bits per heavy atom. The fourth-order valence-corrected chi connectivity index (χ4v) is 2.73. The Bertz CT molecular complexity index is 1130. The number of carbonyl (C=O) groups is 2. The Kier molecular flexibility index (Phi) is 3.77. The molecular weight excluding hydrogens is 332 g/mol. The van der Waals surface area contributed by atoms with E-state index in [2.05, 4.69) is 20.5 Å². The summed E-state index contributed by atoms with van der Waals surface area (Å²) >= 11 is 0. The highest BCUT2D eigenvalue weighted by Crippen LogP contribution is 2.24. The molecule has 0 radical (unpaired) electrons. The second-order valence-electron chi connectivity index (χ2n) is 5.62. The predicted molar refractivity (Wildman–Crippen MR) is 95.9 cm³/mol. The molecule has 0 unspecified atom stereocenters. The van der Waals surface area contributed by atoms with Gasteiger partial charge in [-0.3, -0.25) is 9.59 Å². The summed E-state index contributed by atoms with van der Waals surface area (Å²) < 4.78 is 3.17. The minimum atomic E-state index is 0.365. The van der Waals surface area contributed by atoms with Crippen LogP contribution in [0.5, 0.6) is 0 Å². The maximum absolute atomic E-state index is 11.2. The molecule has 0 aliphatic heterocycles. The number of nitrogens with zero attached hydrogens (tertiary/aromatic N) is 5. The Hall–Kier alpha value is -3.81. The molecule has 0 amide bonds. The summed E-state index contributed by atoms with van der Waals surface area (Å²) in [6.07, 6.45) is 6.48. The number of carbonyl (C=O) groups excluding carboxylic acids is 2. The molecule has 4 rings (SSSR count). The van der Waals surface area contributed by atoms with Crippen LogP contribution >= 0.6 is 0 Å². The second kappa shape index (κ2) is 6.25. The van der Waals surface area contributed by atoms with Gasteiger partial charge in [0.1, 0.15) is 12.0 Å². The van der Waals surface area contributed by atoms with Crippen molar-refractivity contribution in [2.45, 2.75) is 0 Å². The van der Waals surface area contributed by atoms with Gasteiger partial charge in [-0.05, 0) is 18.2 Å². The molecule has 0 aliphatic carbocycles. The Morgan fingerprint density at radius 3 is 2.77 bits per heavy atom. The van der Waals surface area contributed by atoms with Crippen molar-refractivity contribution in [3.8, 4) is 16.9 Å². The summed E-state index contributed by atoms with van der Waals surface area (Å²) in [5.74, 6) is 0. The highest BCUT2D eigenvalue weighted by molar-refractivity contribution is 5.79. The normalized spacial score (nSPS) is 10.8. The Labute approximate surface area is 148 Å². The van der Waals surface area contributed by atoms with Gasteiger partial charge >= 0.3 is 0 Å². The number of aldehydes is 2. The molecule has 8 nitrogen and oxygen atoms in total. The third-order valence-electron chi connectivity index (χ3n) is 4.03. The van der Waals surface area contributed by atoms with Crippen LogP contribution in [0.4, 0.5) is 5.69 Å². The van der Waals surface area contributed by atoms with E-state index in [1.165, 1.54) is 10.7 Å². The van der Waals surface area contributed by atoms with E-state index in [1.807, 2.05) is 18.3 Å². The highest BCUT2D eigenvalue weighted by Gasteiger charge is 2.13. The lowest BCUT2D eigenvalue weighted by Crippen LogP contribution is -2.02. The smallest absolute Gasteiger partial charge is 0.177 e. The summed E-state index contributed by atoms with van der Waals surface area (Å²) in [6, 6.07) is 8.99. The van der Waals surface area contributed by atoms with Crippen molar-refractivity contribution in [2.75, 3.05) is 12.4 Å². The highest BCUT2D eigenvalue weighted by atomic mass is 16.1. The lowest BCUT2D eigenvalue weighted by atomic mass is 10.2. The molecule has 4 aromatic rings. The first kappa shape index (κ1) is 15.7. The SMILES string of the molecule is CNc1cc(-c2cnn(-c3cccc(C=O)c3)c2)nn2c(C=O)cnc12. The number of imidazole rings is 1. The summed E-state index contributed by atoms with van der Waals surface area (Å²) in [5.41, 5.74) is 4.44. The van der Waals surface area contributed by atoms with Crippen molar-refractivity contribution in [2.24, 2.45) is 0 Å². The molecule has 3 heterocycles. The van der Waals surface area contributed by atoms with Gasteiger partial charge in [0.25, 0.3) is 0 Å². The molecule has 0 bridgehead atoms. The van der Waals surface area contributed by atoms with Crippen molar-refractivity contribution in [3.05, 3.63) is 60.2 Å². The van der Waals surface area contributed by atoms with E-state index in [9.17, 15) is 9.59 Å². The zero-order valence-corrected chi connectivity index (χ0v) is 13.8. The fourth-order valence-electron chi connectivity index (χ4n) is 2.73. The number of rotatable bonds is 5. The maximum Gasteiger partial charge on any atom is 0.177 e. The van der Waals surface area contributed by atoms with E-state index in [0.29, 0.717) is 28.9 Å². The summed E-state index contributed by atoms with van der Waals surface area (Å²) in [6.45, 7) is 0. The predicted octanol–water partition coefficient (Wildman–Crippen LogP) is 2.25. The van der Waals surface area contributed by atoms with Crippen molar-refractivity contribution in [3.63, 3.8) is 0 Å². The largest absolute Gasteiger partial charge is 0.385 e. The maximum atomic E-state index is 11.2. The molecule has 1 aromatic carbocycles. The number of hydrogen-bond donors (Lipinski definition) is 1. The van der Waals surface area contributed by atoms with Gasteiger partial charge in [-0.1, -0.05) is 12.1 Å². The van der Waals surface area contributed by atoms with Crippen LogP contribution < -0.4 is 5.32 Å². The number of benzene rings is 1. The zero-order chi connectivity index (χ0) is 18.1. The van der Waals surface area contributed by atoms with Gasteiger partial charge in [-0.15, -0.1) is 0 Å². The van der Waals surface area contributed by atoms with Crippen LogP contribution in [-0.4, -0.2) is 44.0 Å². The molecule has 128 valence electrons. The van der Waals surface area contributed by atoms with Gasteiger partial charge in [0, 0.05) is 24.4 Å². The monoisotopic (exact) mass is 346 g/mol. The third kappa shape index (κ3) is 2.53. The molecule has 0 spiro atoms. The van der Waals surface area contributed by atoms with Crippen molar-refractivity contribution in [1.82, 2.24) is 24.4 Å². The van der Waals surface area contributed by atoms with E-state index in [0.717, 1.165) is 23.2 Å². The first-order valence-corrected chi connectivity index (χ1v) is 7.86. The van der Waals surface area contributed by atoms with Crippen LogP contribution in [-0.2, 0) is 0 Å². The Balaban J connectivity index is 1.82. The average molecular weight is 346 g/mol. The van der Waals surface area contributed by atoms with E-state index in [4.69, 9.17) is 0 Å². The molecule has 0 atom stereocenters.